The highest BCUT2D eigenvalue weighted by molar-refractivity contribution is 5.84. The number of aliphatic carboxylic acids is 1. The molecule has 36 heavy (non-hydrogen) atoms. The van der Waals surface area contributed by atoms with E-state index in [1.807, 2.05) is 50.2 Å². The molecule has 0 unspecified atom stereocenters. The number of imidazole rings is 1. The third-order valence-corrected chi connectivity index (χ3v) is 6.81. The molecule has 0 spiro atoms. The predicted molar refractivity (Wildman–Crippen MR) is 144 cm³/mol. The Morgan fingerprint density at radius 1 is 1.14 bits per heavy atom. The second-order valence-electron chi connectivity index (χ2n) is 11.9. The molecule has 0 saturated heterocycles. The quantitative estimate of drug-likeness (QED) is 0.352. The van der Waals surface area contributed by atoms with E-state index in [-0.39, 0.29) is 29.4 Å². The number of nitrogens with one attached hydrogen (secondary N) is 1. The van der Waals surface area contributed by atoms with Crippen LogP contribution in [0.5, 0.6) is 11.5 Å². The maximum atomic E-state index is 11.5. The van der Waals surface area contributed by atoms with Gasteiger partial charge in [0, 0.05) is 23.4 Å². The van der Waals surface area contributed by atoms with Gasteiger partial charge in [-0.15, -0.1) is 0 Å². The summed E-state index contributed by atoms with van der Waals surface area (Å²) in [6.07, 6.45) is 3.21. The van der Waals surface area contributed by atoms with Crippen molar-refractivity contribution in [3.63, 3.8) is 0 Å². The molecule has 4 rings (SSSR count). The average Bonchev–Trinajstić information content (AvgIpc) is 3.08. The van der Waals surface area contributed by atoms with Gasteiger partial charge in [-0.1, -0.05) is 27.7 Å². The molecule has 1 fully saturated rings. The third-order valence-electron chi connectivity index (χ3n) is 6.81. The van der Waals surface area contributed by atoms with Gasteiger partial charge < -0.3 is 24.5 Å². The fourth-order valence-corrected chi connectivity index (χ4v) is 6.10. The van der Waals surface area contributed by atoms with Crippen molar-refractivity contribution in [2.24, 2.45) is 10.8 Å². The highest BCUT2D eigenvalue weighted by atomic mass is 16.5. The van der Waals surface area contributed by atoms with Gasteiger partial charge in [0.05, 0.1) is 30.7 Å². The molecular formula is C29H39N3O4. The summed E-state index contributed by atoms with van der Waals surface area (Å²) in [5.74, 6) is 1.24. The molecule has 3 aromatic rings. The summed E-state index contributed by atoms with van der Waals surface area (Å²) < 4.78 is 13.7. The molecule has 2 aromatic carbocycles. The van der Waals surface area contributed by atoms with Crippen LogP contribution in [0.4, 0.5) is 11.6 Å². The van der Waals surface area contributed by atoms with Crippen LogP contribution in [-0.2, 0) is 11.2 Å². The zero-order chi connectivity index (χ0) is 26.3. The van der Waals surface area contributed by atoms with E-state index >= 15 is 0 Å². The summed E-state index contributed by atoms with van der Waals surface area (Å²) in [6.45, 7) is 13.4. The summed E-state index contributed by atoms with van der Waals surface area (Å²) in [4.78, 5) is 16.4. The molecule has 194 valence electrons. The lowest BCUT2D eigenvalue weighted by molar-refractivity contribution is -0.136. The Balaban J connectivity index is 1.82. The summed E-state index contributed by atoms with van der Waals surface area (Å²) >= 11 is 0. The lowest BCUT2D eigenvalue weighted by Gasteiger charge is -2.45. The number of hydrogen-bond donors (Lipinski definition) is 2. The fourth-order valence-electron chi connectivity index (χ4n) is 6.10. The van der Waals surface area contributed by atoms with Crippen LogP contribution in [0.2, 0.25) is 0 Å². The van der Waals surface area contributed by atoms with E-state index in [2.05, 4.69) is 37.6 Å². The molecule has 0 atom stereocenters. The minimum Gasteiger partial charge on any atom is -0.496 e. The molecule has 7 nitrogen and oxygen atoms in total. The fraction of sp³-hybridized carbons (Fsp3) is 0.517. The Morgan fingerprint density at radius 2 is 1.78 bits per heavy atom. The van der Waals surface area contributed by atoms with Crippen molar-refractivity contribution in [1.82, 2.24) is 9.55 Å². The summed E-state index contributed by atoms with van der Waals surface area (Å²) in [6, 6.07) is 11.9. The first-order chi connectivity index (χ1) is 16.9. The Labute approximate surface area is 213 Å². The van der Waals surface area contributed by atoms with Gasteiger partial charge in [0.2, 0.25) is 5.95 Å². The minimum atomic E-state index is -0.898. The molecule has 0 amide bonds. The number of nitrogens with zero attached hydrogens (tertiary/aromatic N) is 2. The third kappa shape index (κ3) is 5.77. The van der Waals surface area contributed by atoms with Gasteiger partial charge in [-0.3, -0.25) is 4.79 Å². The molecule has 1 heterocycles. The molecule has 1 aliphatic carbocycles. The molecule has 0 aliphatic heterocycles. The Hall–Kier alpha value is -3.22. The number of anilines is 2. The zero-order valence-corrected chi connectivity index (χ0v) is 22.5. The van der Waals surface area contributed by atoms with Gasteiger partial charge in [0.15, 0.2) is 0 Å². The number of benzene rings is 2. The molecule has 1 aromatic heterocycles. The molecular weight excluding hydrogens is 454 g/mol. The van der Waals surface area contributed by atoms with Gasteiger partial charge in [-0.2, -0.15) is 0 Å². The Morgan fingerprint density at radius 3 is 2.33 bits per heavy atom. The highest BCUT2D eigenvalue weighted by Gasteiger charge is 2.40. The van der Waals surface area contributed by atoms with Crippen LogP contribution in [0.1, 0.15) is 72.4 Å². The van der Waals surface area contributed by atoms with Crippen molar-refractivity contribution in [3.05, 3.63) is 42.0 Å². The zero-order valence-electron chi connectivity index (χ0n) is 22.5. The monoisotopic (exact) mass is 493 g/mol. The number of fused-ring (bicyclic) bond motifs is 1. The second-order valence-corrected chi connectivity index (χ2v) is 11.9. The lowest BCUT2D eigenvalue weighted by Crippen LogP contribution is -2.35. The minimum absolute atomic E-state index is 0.112. The summed E-state index contributed by atoms with van der Waals surface area (Å²) in [5, 5.41) is 12.9. The standard InChI is InChI=1S/C29H39N3O4/c1-18(2)36-22-10-8-20(9-11-22)30-27-31-23-12-19(13-26(33)34)25(35-7)14-24(23)32(27)21-15-28(3,4)17-29(5,6)16-21/h8-12,14,18,21H,13,15-17H2,1-7H3,(H,30,31)(H,33,34). The van der Waals surface area contributed by atoms with Gasteiger partial charge in [0.1, 0.15) is 11.5 Å². The van der Waals surface area contributed by atoms with Crippen LogP contribution < -0.4 is 14.8 Å². The summed E-state index contributed by atoms with van der Waals surface area (Å²) in [5.41, 5.74) is 3.60. The first-order valence-corrected chi connectivity index (χ1v) is 12.7. The smallest absolute Gasteiger partial charge is 0.307 e. The van der Waals surface area contributed by atoms with Crippen molar-refractivity contribution < 1.29 is 19.4 Å². The van der Waals surface area contributed by atoms with Crippen molar-refractivity contribution in [3.8, 4) is 11.5 Å². The van der Waals surface area contributed by atoms with Crippen LogP contribution in [-0.4, -0.2) is 33.8 Å². The van der Waals surface area contributed by atoms with E-state index in [9.17, 15) is 9.90 Å². The van der Waals surface area contributed by atoms with Crippen LogP contribution in [0.15, 0.2) is 36.4 Å². The number of ether oxygens (including phenoxy) is 2. The molecule has 1 aliphatic rings. The van der Waals surface area contributed by atoms with Gasteiger partial charge >= 0.3 is 5.97 Å². The second kappa shape index (κ2) is 9.68. The molecule has 7 heteroatoms. The first-order valence-electron chi connectivity index (χ1n) is 12.7. The van der Waals surface area contributed by atoms with E-state index in [0.29, 0.717) is 11.3 Å². The van der Waals surface area contributed by atoms with Gasteiger partial charge in [-0.25, -0.2) is 4.98 Å². The first kappa shape index (κ1) is 25.9. The number of methoxy groups -OCH3 is 1. The van der Waals surface area contributed by atoms with Crippen LogP contribution in [0, 0.1) is 10.8 Å². The molecule has 2 N–H and O–H groups in total. The summed E-state index contributed by atoms with van der Waals surface area (Å²) in [7, 11) is 1.58. The van der Waals surface area contributed by atoms with E-state index in [1.54, 1.807) is 7.11 Å². The average molecular weight is 494 g/mol. The number of aromatic nitrogens is 2. The van der Waals surface area contributed by atoms with E-state index in [4.69, 9.17) is 14.5 Å². The van der Waals surface area contributed by atoms with Crippen LogP contribution in [0.3, 0.4) is 0 Å². The molecule has 0 radical (unpaired) electrons. The van der Waals surface area contributed by atoms with E-state index in [1.165, 1.54) is 0 Å². The van der Waals surface area contributed by atoms with Crippen molar-refractivity contribution >= 4 is 28.6 Å². The van der Waals surface area contributed by atoms with Crippen LogP contribution >= 0.6 is 0 Å². The maximum Gasteiger partial charge on any atom is 0.307 e. The highest BCUT2D eigenvalue weighted by Crippen LogP contribution is 2.51. The number of rotatable bonds is 8. The van der Waals surface area contributed by atoms with Gasteiger partial charge in [-0.05, 0) is 74.3 Å². The van der Waals surface area contributed by atoms with Crippen molar-refractivity contribution in [2.75, 3.05) is 12.4 Å². The predicted octanol–water partition coefficient (Wildman–Crippen LogP) is 6.98. The lowest BCUT2D eigenvalue weighted by atomic mass is 9.63. The normalized spacial score (nSPS) is 17.3. The van der Waals surface area contributed by atoms with E-state index in [0.717, 1.165) is 47.7 Å². The van der Waals surface area contributed by atoms with E-state index < -0.39 is 5.97 Å². The van der Waals surface area contributed by atoms with Crippen molar-refractivity contribution in [1.29, 1.82) is 0 Å². The molecule has 0 bridgehead atoms. The number of carboxylic acid groups (broad SMARTS) is 1. The number of carbonyl (C=O) groups is 1. The SMILES string of the molecule is COc1cc2c(cc1CC(=O)O)nc(Nc1ccc(OC(C)C)cc1)n2C1CC(C)(C)CC(C)(C)C1. The van der Waals surface area contributed by atoms with Crippen molar-refractivity contribution in [2.45, 2.75) is 79.4 Å². The topological polar surface area (TPSA) is 85.6 Å². The largest absolute Gasteiger partial charge is 0.496 e. The Bertz CT molecular complexity index is 1230. The Kier molecular flexibility index (Phi) is 6.95. The maximum absolute atomic E-state index is 11.5. The number of carboxylic acids is 1. The van der Waals surface area contributed by atoms with Crippen LogP contribution in [0.25, 0.3) is 11.0 Å². The molecule has 1 saturated carbocycles. The number of hydrogen-bond acceptors (Lipinski definition) is 5. The van der Waals surface area contributed by atoms with Gasteiger partial charge in [0.25, 0.3) is 0 Å².